The van der Waals surface area contributed by atoms with Crippen LogP contribution in [0.3, 0.4) is 0 Å². The van der Waals surface area contributed by atoms with Crippen LogP contribution in [0.4, 0.5) is 10.1 Å². The summed E-state index contributed by atoms with van der Waals surface area (Å²) in [5.74, 6) is 0.141. The molecule has 0 fully saturated rings. The van der Waals surface area contributed by atoms with Gasteiger partial charge in [0.25, 0.3) is 5.91 Å². The van der Waals surface area contributed by atoms with Gasteiger partial charge in [0.1, 0.15) is 17.9 Å². The van der Waals surface area contributed by atoms with Crippen molar-refractivity contribution in [1.29, 1.82) is 0 Å². The molecule has 1 N–H and O–H groups in total. The molecule has 0 aliphatic heterocycles. The molecule has 0 radical (unpaired) electrons. The molecular weight excluding hydrogens is 363 g/mol. The first-order valence-electron chi connectivity index (χ1n) is 8.22. The maximum atomic E-state index is 12.9. The second kappa shape index (κ2) is 7.62. The van der Waals surface area contributed by atoms with Crippen LogP contribution in [0.2, 0.25) is 0 Å². The minimum absolute atomic E-state index is 0.302. The van der Waals surface area contributed by atoms with Crippen molar-refractivity contribution >= 4 is 11.6 Å². The highest BCUT2D eigenvalue weighted by Gasteiger charge is 2.09. The fraction of sp³-hybridized carbons (Fsp3) is 0. The number of ether oxygens (including phenoxy) is 1. The van der Waals surface area contributed by atoms with Crippen molar-refractivity contribution in [2.45, 2.75) is 0 Å². The smallest absolute Gasteiger partial charge is 0.255 e. The van der Waals surface area contributed by atoms with Gasteiger partial charge in [0.05, 0.1) is 17.6 Å². The molecular formula is C19H13FN6O2. The number of rotatable bonds is 5. The molecule has 4 rings (SSSR count). The number of anilines is 1. The first-order valence-corrected chi connectivity index (χ1v) is 8.22. The van der Waals surface area contributed by atoms with Crippen molar-refractivity contribution in [2.24, 2.45) is 0 Å². The molecule has 0 bridgehead atoms. The summed E-state index contributed by atoms with van der Waals surface area (Å²) in [6.07, 6.45) is 2.92. The number of hydrogen-bond acceptors (Lipinski definition) is 6. The number of tetrazole rings is 1. The zero-order valence-corrected chi connectivity index (χ0v) is 14.4. The number of nitrogens with one attached hydrogen (secondary N) is 1. The number of pyridine rings is 1. The van der Waals surface area contributed by atoms with Gasteiger partial charge in [-0.05, 0) is 59.0 Å². The van der Waals surface area contributed by atoms with Gasteiger partial charge >= 0.3 is 0 Å². The molecule has 28 heavy (non-hydrogen) atoms. The van der Waals surface area contributed by atoms with Crippen molar-refractivity contribution in [3.8, 4) is 17.3 Å². The van der Waals surface area contributed by atoms with Gasteiger partial charge in [-0.25, -0.2) is 14.1 Å². The van der Waals surface area contributed by atoms with E-state index in [4.69, 9.17) is 4.74 Å². The number of nitrogens with zero attached hydrogens (tertiary/aromatic N) is 5. The molecule has 0 unspecified atom stereocenters. The van der Waals surface area contributed by atoms with Crippen LogP contribution in [0.15, 0.2) is 73.2 Å². The molecule has 8 nitrogen and oxygen atoms in total. The Balaban J connectivity index is 1.43. The number of carbonyl (C=O) groups is 1. The first kappa shape index (κ1) is 17.3. The lowest BCUT2D eigenvalue weighted by molar-refractivity contribution is 0.102. The predicted molar refractivity (Wildman–Crippen MR) is 97.8 cm³/mol. The zero-order chi connectivity index (χ0) is 19.3. The summed E-state index contributed by atoms with van der Waals surface area (Å²) in [5, 5.41) is 13.7. The van der Waals surface area contributed by atoms with Crippen molar-refractivity contribution in [3.63, 3.8) is 0 Å². The minimum Gasteiger partial charge on any atom is -0.439 e. The number of aromatic nitrogens is 5. The van der Waals surface area contributed by atoms with Gasteiger partial charge in [-0.2, -0.15) is 0 Å². The van der Waals surface area contributed by atoms with E-state index in [1.165, 1.54) is 41.5 Å². The molecule has 4 aromatic rings. The second-order valence-corrected chi connectivity index (χ2v) is 5.70. The third-order valence-electron chi connectivity index (χ3n) is 3.75. The SMILES string of the molecule is O=C(Nc1ccc(Oc2ccc(F)cc2)nc1)c1cccc(-n2cnnn2)c1. The average Bonchev–Trinajstić information content (AvgIpc) is 3.26. The Bertz CT molecular complexity index is 1080. The highest BCUT2D eigenvalue weighted by molar-refractivity contribution is 6.04. The van der Waals surface area contributed by atoms with Gasteiger partial charge < -0.3 is 10.1 Å². The van der Waals surface area contributed by atoms with Crippen molar-refractivity contribution in [2.75, 3.05) is 5.32 Å². The summed E-state index contributed by atoms with van der Waals surface area (Å²) < 4.78 is 19.9. The summed E-state index contributed by atoms with van der Waals surface area (Å²) in [7, 11) is 0. The number of carbonyl (C=O) groups excluding carboxylic acids is 1. The number of hydrogen-bond donors (Lipinski definition) is 1. The van der Waals surface area contributed by atoms with Crippen LogP contribution in [0.25, 0.3) is 5.69 Å². The lowest BCUT2D eigenvalue weighted by atomic mass is 10.2. The number of benzene rings is 2. The second-order valence-electron chi connectivity index (χ2n) is 5.70. The predicted octanol–water partition coefficient (Wildman–Crippen LogP) is 3.24. The van der Waals surface area contributed by atoms with E-state index in [2.05, 4.69) is 25.8 Å². The molecule has 9 heteroatoms. The third kappa shape index (κ3) is 3.98. The van der Waals surface area contributed by atoms with Crippen LogP contribution in [-0.2, 0) is 0 Å². The molecule has 0 saturated carbocycles. The average molecular weight is 376 g/mol. The Hall–Kier alpha value is -4.14. The van der Waals surface area contributed by atoms with Crippen molar-refractivity contribution in [3.05, 3.63) is 84.6 Å². The molecule has 2 aromatic carbocycles. The van der Waals surface area contributed by atoms with Crippen LogP contribution >= 0.6 is 0 Å². The Kier molecular flexibility index (Phi) is 4.70. The van der Waals surface area contributed by atoms with Gasteiger partial charge in [-0.3, -0.25) is 4.79 Å². The van der Waals surface area contributed by atoms with E-state index in [0.29, 0.717) is 28.6 Å². The van der Waals surface area contributed by atoms with Gasteiger partial charge in [0.2, 0.25) is 5.88 Å². The quantitative estimate of drug-likeness (QED) is 0.575. The van der Waals surface area contributed by atoms with E-state index in [-0.39, 0.29) is 11.7 Å². The van der Waals surface area contributed by atoms with E-state index in [1.54, 1.807) is 36.4 Å². The molecule has 1 amide bonds. The molecule has 0 aliphatic rings. The fourth-order valence-electron chi connectivity index (χ4n) is 2.41. The molecule has 0 saturated heterocycles. The van der Waals surface area contributed by atoms with Gasteiger partial charge in [0.15, 0.2) is 0 Å². The summed E-state index contributed by atoms with van der Waals surface area (Å²) >= 11 is 0. The lowest BCUT2D eigenvalue weighted by Crippen LogP contribution is -2.12. The normalized spacial score (nSPS) is 10.5. The summed E-state index contributed by atoms with van der Waals surface area (Å²) in [4.78, 5) is 16.6. The zero-order valence-electron chi connectivity index (χ0n) is 14.4. The van der Waals surface area contributed by atoms with E-state index in [9.17, 15) is 9.18 Å². The first-order chi connectivity index (χ1) is 13.7. The maximum absolute atomic E-state index is 12.9. The van der Waals surface area contributed by atoms with E-state index in [1.807, 2.05) is 0 Å². The Morgan fingerprint density at radius 3 is 2.64 bits per heavy atom. The highest BCUT2D eigenvalue weighted by Crippen LogP contribution is 2.21. The minimum atomic E-state index is -0.345. The van der Waals surface area contributed by atoms with Crippen LogP contribution in [0, 0.1) is 5.82 Å². The topological polar surface area (TPSA) is 94.8 Å². The molecule has 0 atom stereocenters. The number of amides is 1. The molecule has 2 aromatic heterocycles. The highest BCUT2D eigenvalue weighted by atomic mass is 19.1. The van der Waals surface area contributed by atoms with Crippen molar-refractivity contribution in [1.82, 2.24) is 25.2 Å². The van der Waals surface area contributed by atoms with Crippen LogP contribution in [0.5, 0.6) is 11.6 Å². The van der Waals surface area contributed by atoms with Crippen LogP contribution in [-0.4, -0.2) is 31.1 Å². The van der Waals surface area contributed by atoms with Crippen LogP contribution < -0.4 is 10.1 Å². The van der Waals surface area contributed by atoms with Gasteiger partial charge in [-0.15, -0.1) is 5.10 Å². The van der Waals surface area contributed by atoms with Gasteiger partial charge in [0, 0.05) is 11.6 Å². The Labute approximate surface area is 158 Å². The maximum Gasteiger partial charge on any atom is 0.255 e. The van der Waals surface area contributed by atoms with E-state index >= 15 is 0 Å². The summed E-state index contributed by atoms with van der Waals surface area (Å²) in [6.45, 7) is 0. The molecule has 0 spiro atoms. The van der Waals surface area contributed by atoms with E-state index in [0.717, 1.165) is 0 Å². The van der Waals surface area contributed by atoms with Crippen molar-refractivity contribution < 1.29 is 13.9 Å². The van der Waals surface area contributed by atoms with Crippen LogP contribution in [0.1, 0.15) is 10.4 Å². The van der Waals surface area contributed by atoms with E-state index < -0.39 is 0 Å². The summed E-state index contributed by atoms with van der Waals surface area (Å²) in [5.41, 5.74) is 1.61. The molecule has 138 valence electrons. The largest absolute Gasteiger partial charge is 0.439 e. The monoisotopic (exact) mass is 376 g/mol. The molecule has 0 aliphatic carbocycles. The Morgan fingerprint density at radius 2 is 1.93 bits per heavy atom. The standard InChI is InChI=1S/C19H13FN6O2/c20-14-4-7-17(8-5-14)28-18-9-6-15(11-21-18)23-19(27)13-2-1-3-16(10-13)26-12-22-24-25-26/h1-12H,(H,23,27). The third-order valence-corrected chi connectivity index (χ3v) is 3.75. The fourth-order valence-corrected chi connectivity index (χ4v) is 2.41. The molecule has 2 heterocycles. The van der Waals surface area contributed by atoms with Gasteiger partial charge in [-0.1, -0.05) is 6.07 Å². The number of halogens is 1. The summed E-state index contributed by atoms with van der Waals surface area (Å²) in [6, 6.07) is 15.8. The lowest BCUT2D eigenvalue weighted by Gasteiger charge is -2.08. The Morgan fingerprint density at radius 1 is 1.07 bits per heavy atom.